The lowest BCUT2D eigenvalue weighted by atomic mass is 9.94. The zero-order valence-electron chi connectivity index (χ0n) is 43.7. The van der Waals surface area contributed by atoms with Crippen LogP contribution in [0.5, 0.6) is 0 Å². The summed E-state index contributed by atoms with van der Waals surface area (Å²) >= 11 is 0. The van der Waals surface area contributed by atoms with E-state index in [1.165, 1.54) is 154 Å². The van der Waals surface area contributed by atoms with Crippen LogP contribution in [-0.2, 0) is 28.6 Å². The fraction of sp³-hybridized carbons (Fsp3) is 0.947. The average Bonchev–Trinajstić information content (AvgIpc) is 3.29. The Morgan fingerprint density at radius 1 is 0.359 bits per heavy atom. The molecule has 0 heterocycles. The Kier molecular flexibility index (Phi) is 49.5. The van der Waals surface area contributed by atoms with Gasteiger partial charge < -0.3 is 19.5 Å². The van der Waals surface area contributed by atoms with E-state index in [1.54, 1.807) is 0 Å². The molecular weight excluding hydrogens is 795 g/mol. The lowest BCUT2D eigenvalue weighted by Crippen LogP contribution is -2.19. The summed E-state index contributed by atoms with van der Waals surface area (Å²) in [6.45, 7) is 11.1. The van der Waals surface area contributed by atoms with Crippen molar-refractivity contribution in [3.8, 4) is 0 Å². The summed E-state index contributed by atoms with van der Waals surface area (Å²) in [6.07, 6.45) is 49.2. The lowest BCUT2D eigenvalue weighted by Gasteiger charge is -2.18. The van der Waals surface area contributed by atoms with E-state index in [9.17, 15) is 14.4 Å². The first kappa shape index (κ1) is 62.4. The highest BCUT2D eigenvalue weighted by atomic mass is 16.5. The van der Waals surface area contributed by atoms with Gasteiger partial charge in [0.15, 0.2) is 0 Å². The van der Waals surface area contributed by atoms with Crippen molar-refractivity contribution in [2.75, 3.05) is 26.8 Å². The number of rotatable bonds is 52. The van der Waals surface area contributed by atoms with Crippen molar-refractivity contribution in [2.45, 2.75) is 310 Å². The van der Waals surface area contributed by atoms with Gasteiger partial charge in [-0.1, -0.05) is 220 Å². The second kappa shape index (κ2) is 50.8. The summed E-state index contributed by atoms with van der Waals surface area (Å²) in [6, 6.07) is 0. The first-order chi connectivity index (χ1) is 31.4. The molecule has 0 aliphatic carbocycles. The molecule has 0 amide bonds. The molecule has 0 aromatic rings. The zero-order chi connectivity index (χ0) is 46.8. The molecule has 0 spiro atoms. The Balaban J connectivity index is 4.40. The van der Waals surface area contributed by atoms with E-state index in [0.717, 1.165) is 122 Å². The molecule has 2 unspecified atom stereocenters. The van der Waals surface area contributed by atoms with Gasteiger partial charge in [0.2, 0.25) is 0 Å². The van der Waals surface area contributed by atoms with Crippen molar-refractivity contribution in [1.82, 2.24) is 5.32 Å². The zero-order valence-corrected chi connectivity index (χ0v) is 43.7. The maximum absolute atomic E-state index is 13.0. The van der Waals surface area contributed by atoms with Crippen molar-refractivity contribution in [1.29, 1.82) is 0 Å². The van der Waals surface area contributed by atoms with Gasteiger partial charge in [0, 0.05) is 6.42 Å². The smallest absolute Gasteiger partial charge is 0.308 e. The minimum atomic E-state index is -0.0297. The van der Waals surface area contributed by atoms with Crippen molar-refractivity contribution in [3.05, 3.63) is 0 Å². The maximum Gasteiger partial charge on any atom is 0.308 e. The van der Waals surface area contributed by atoms with E-state index in [-0.39, 0.29) is 35.8 Å². The minimum absolute atomic E-state index is 0.0297. The van der Waals surface area contributed by atoms with Gasteiger partial charge in [0.1, 0.15) is 6.10 Å². The summed E-state index contributed by atoms with van der Waals surface area (Å²) in [5, 5.41) is 3.17. The second-order valence-corrected chi connectivity index (χ2v) is 19.7. The number of unbranched alkanes of at least 4 members (excludes halogenated alkanes) is 29. The number of esters is 3. The second-order valence-electron chi connectivity index (χ2n) is 19.7. The van der Waals surface area contributed by atoms with E-state index in [0.29, 0.717) is 19.6 Å². The number of hydrogen-bond acceptors (Lipinski definition) is 7. The highest BCUT2D eigenvalue weighted by Crippen LogP contribution is 2.23. The van der Waals surface area contributed by atoms with Crippen LogP contribution in [0, 0.1) is 11.8 Å². The molecule has 0 fully saturated rings. The van der Waals surface area contributed by atoms with Gasteiger partial charge in [-0.15, -0.1) is 0 Å². The van der Waals surface area contributed by atoms with Crippen LogP contribution < -0.4 is 5.32 Å². The largest absolute Gasteiger partial charge is 0.465 e. The molecule has 0 saturated heterocycles. The van der Waals surface area contributed by atoms with Crippen LogP contribution in [0.1, 0.15) is 304 Å². The third-order valence-electron chi connectivity index (χ3n) is 13.5. The van der Waals surface area contributed by atoms with Crippen LogP contribution in [-0.4, -0.2) is 50.8 Å². The quantitative estimate of drug-likeness (QED) is 0.0369. The normalized spacial score (nSPS) is 12.9. The van der Waals surface area contributed by atoms with Gasteiger partial charge in [0.05, 0.1) is 25.0 Å². The van der Waals surface area contributed by atoms with Crippen molar-refractivity contribution < 1.29 is 28.6 Å². The lowest BCUT2D eigenvalue weighted by molar-refractivity contribution is -0.150. The number of ether oxygens (including phenoxy) is 3. The first-order valence-corrected chi connectivity index (χ1v) is 28.6. The molecule has 0 aliphatic heterocycles. The fourth-order valence-corrected chi connectivity index (χ4v) is 9.11. The molecule has 380 valence electrons. The van der Waals surface area contributed by atoms with Crippen LogP contribution in [0.4, 0.5) is 0 Å². The Morgan fingerprint density at radius 2 is 0.656 bits per heavy atom. The minimum Gasteiger partial charge on any atom is -0.465 e. The molecule has 0 rings (SSSR count). The molecule has 0 aromatic heterocycles. The third kappa shape index (κ3) is 43.0. The number of hydrogen-bond donors (Lipinski definition) is 1. The van der Waals surface area contributed by atoms with Crippen molar-refractivity contribution in [2.24, 2.45) is 11.8 Å². The topological polar surface area (TPSA) is 90.9 Å². The first-order valence-electron chi connectivity index (χ1n) is 28.6. The Morgan fingerprint density at radius 3 is 1.00 bits per heavy atom. The summed E-state index contributed by atoms with van der Waals surface area (Å²) in [7, 11) is 1.95. The van der Waals surface area contributed by atoms with E-state index >= 15 is 0 Å². The van der Waals surface area contributed by atoms with Gasteiger partial charge in [0.25, 0.3) is 0 Å². The molecule has 0 saturated carbocycles. The summed E-state index contributed by atoms with van der Waals surface area (Å²) < 4.78 is 17.7. The van der Waals surface area contributed by atoms with E-state index in [1.807, 2.05) is 7.05 Å². The Labute approximate surface area is 399 Å². The predicted octanol–water partition coefficient (Wildman–Crippen LogP) is 17.3. The maximum atomic E-state index is 13.0. The number of carbonyl (C=O) groups excluding carboxylic acids is 3. The number of carbonyl (C=O) groups is 3. The predicted molar refractivity (Wildman–Crippen MR) is 274 cm³/mol. The molecule has 7 heteroatoms. The SMILES string of the molecule is CCCCCCCCC(CCCCCC)C(=O)OCCCCCCCCCC(CCCCCCCCCOC(=O)C(CCCCCC)CCCCCCCC)OC(=O)CCCCNC. The highest BCUT2D eigenvalue weighted by molar-refractivity contribution is 5.72. The molecule has 0 aliphatic rings. The van der Waals surface area contributed by atoms with Gasteiger partial charge in [-0.3, -0.25) is 14.4 Å². The summed E-state index contributed by atoms with van der Waals surface area (Å²) in [5.41, 5.74) is 0. The Bertz CT molecular complexity index is 925. The van der Waals surface area contributed by atoms with Crippen LogP contribution in [0.2, 0.25) is 0 Å². The molecule has 0 radical (unpaired) electrons. The molecule has 0 bridgehead atoms. The molecular formula is C57H111NO6. The van der Waals surface area contributed by atoms with Gasteiger partial charge in [-0.05, 0) is 90.6 Å². The molecule has 64 heavy (non-hydrogen) atoms. The Hall–Kier alpha value is -1.63. The average molecular weight is 907 g/mol. The molecule has 1 N–H and O–H groups in total. The monoisotopic (exact) mass is 906 g/mol. The van der Waals surface area contributed by atoms with E-state index < -0.39 is 0 Å². The van der Waals surface area contributed by atoms with Crippen molar-refractivity contribution in [3.63, 3.8) is 0 Å². The van der Waals surface area contributed by atoms with Gasteiger partial charge in [-0.2, -0.15) is 0 Å². The molecule has 2 atom stereocenters. The summed E-state index contributed by atoms with van der Waals surface area (Å²) in [5.74, 6) is 0.261. The summed E-state index contributed by atoms with van der Waals surface area (Å²) in [4.78, 5) is 38.7. The number of nitrogens with one attached hydrogen (secondary N) is 1. The van der Waals surface area contributed by atoms with E-state index in [4.69, 9.17) is 14.2 Å². The van der Waals surface area contributed by atoms with Crippen LogP contribution in [0.3, 0.4) is 0 Å². The standard InChI is InChI=1S/C57H111NO6/c1-6-10-14-18-26-34-44-52(42-32-16-12-8-3)56(60)62-50-40-30-24-20-22-28-36-46-54(64-55(59)48-38-39-49-58-5)47-37-29-23-21-25-31-41-51-63-57(61)53(43-33-17-13-9-4)45-35-27-19-15-11-7-2/h52-54,58H,6-51H2,1-5H3. The molecule has 7 nitrogen and oxygen atoms in total. The molecule has 0 aromatic carbocycles. The van der Waals surface area contributed by atoms with E-state index in [2.05, 4.69) is 33.0 Å². The third-order valence-corrected chi connectivity index (χ3v) is 13.5. The van der Waals surface area contributed by atoms with Crippen LogP contribution in [0.25, 0.3) is 0 Å². The van der Waals surface area contributed by atoms with Gasteiger partial charge in [-0.25, -0.2) is 0 Å². The van der Waals surface area contributed by atoms with Crippen molar-refractivity contribution >= 4 is 17.9 Å². The van der Waals surface area contributed by atoms with Crippen LogP contribution in [0.15, 0.2) is 0 Å². The fourth-order valence-electron chi connectivity index (χ4n) is 9.11. The van der Waals surface area contributed by atoms with Crippen LogP contribution >= 0.6 is 0 Å². The van der Waals surface area contributed by atoms with Gasteiger partial charge >= 0.3 is 17.9 Å². The highest BCUT2D eigenvalue weighted by Gasteiger charge is 2.21.